The monoisotopic (exact) mass is 212 g/mol. The van der Waals surface area contributed by atoms with Crippen LogP contribution in [0.3, 0.4) is 0 Å². The van der Waals surface area contributed by atoms with Crippen LogP contribution in [0.15, 0.2) is 47.5 Å². The third-order valence-electron chi connectivity index (χ3n) is 2.16. The van der Waals surface area contributed by atoms with Crippen LogP contribution in [0.5, 0.6) is 0 Å². The molecule has 0 aliphatic carbocycles. The van der Waals surface area contributed by atoms with Crippen LogP contribution in [0.2, 0.25) is 0 Å². The molecule has 0 N–H and O–H groups in total. The molecule has 0 spiro atoms. The van der Waals surface area contributed by atoms with Crippen molar-refractivity contribution in [2.75, 3.05) is 0 Å². The van der Waals surface area contributed by atoms with E-state index in [0.29, 0.717) is 0 Å². The van der Waals surface area contributed by atoms with Gasteiger partial charge >= 0.3 is 107 Å². The SMILES string of the molecule is [Li]/[CH]=C/C(CC=CCC)OC1C=CC=CO1. The van der Waals surface area contributed by atoms with Gasteiger partial charge in [0.2, 0.25) is 0 Å². The average Bonchev–Trinajstić information content (AvgIpc) is 2.31. The molecule has 1 rings (SSSR count). The van der Waals surface area contributed by atoms with Crippen molar-refractivity contribution in [3.8, 4) is 0 Å². The fourth-order valence-electron chi connectivity index (χ4n) is 1.41. The predicted molar refractivity (Wildman–Crippen MR) is 67.0 cm³/mol. The zero-order valence-electron chi connectivity index (χ0n) is 10.0. The van der Waals surface area contributed by atoms with E-state index in [0.717, 1.165) is 12.8 Å². The van der Waals surface area contributed by atoms with Crippen LogP contribution in [0.25, 0.3) is 0 Å². The Balaban J connectivity index is 2.40. The molecule has 0 aromatic heterocycles. The summed E-state index contributed by atoms with van der Waals surface area (Å²) in [4.78, 5) is 0. The summed E-state index contributed by atoms with van der Waals surface area (Å²) < 4.78 is 13.1. The van der Waals surface area contributed by atoms with Gasteiger partial charge in [-0.15, -0.1) is 0 Å². The van der Waals surface area contributed by atoms with E-state index < -0.39 is 0 Å². The molecule has 0 saturated heterocycles. The first-order valence-electron chi connectivity index (χ1n) is 5.79. The van der Waals surface area contributed by atoms with Crippen molar-refractivity contribution in [2.45, 2.75) is 32.2 Å². The van der Waals surface area contributed by atoms with Crippen molar-refractivity contribution in [2.24, 2.45) is 0 Å². The number of hydrogen-bond donors (Lipinski definition) is 0. The van der Waals surface area contributed by atoms with Gasteiger partial charge in [0.25, 0.3) is 0 Å². The predicted octanol–water partition coefficient (Wildman–Crippen LogP) is 2.84. The van der Waals surface area contributed by atoms with E-state index in [1.54, 1.807) is 6.26 Å². The Labute approximate surface area is 107 Å². The van der Waals surface area contributed by atoms with Gasteiger partial charge in [0.1, 0.15) is 0 Å². The fourth-order valence-corrected chi connectivity index (χ4v) is 1.41. The van der Waals surface area contributed by atoms with Crippen LogP contribution in [0.4, 0.5) is 0 Å². The third kappa shape index (κ3) is 5.41. The number of allylic oxidation sites excluding steroid dienone is 3. The fraction of sp³-hybridized carbons (Fsp3) is 0.385. The van der Waals surface area contributed by atoms with Crippen molar-refractivity contribution in [1.82, 2.24) is 0 Å². The van der Waals surface area contributed by atoms with Crippen LogP contribution in [0.1, 0.15) is 19.8 Å². The number of rotatable bonds is 6. The summed E-state index contributed by atoms with van der Waals surface area (Å²) in [6.45, 7) is 2.12. The van der Waals surface area contributed by atoms with Gasteiger partial charge in [0.15, 0.2) is 0 Å². The molecule has 0 fully saturated rings. The Kier molecular flexibility index (Phi) is 7.08. The molecule has 1 aliphatic heterocycles. The van der Waals surface area contributed by atoms with Gasteiger partial charge in [0, 0.05) is 0 Å². The molecule has 1 heterocycles. The van der Waals surface area contributed by atoms with Crippen LogP contribution >= 0.6 is 0 Å². The normalized spacial score (nSPS) is 21.8. The van der Waals surface area contributed by atoms with Crippen molar-refractivity contribution in [3.05, 3.63) is 47.5 Å². The minimum atomic E-state index is -0.263. The van der Waals surface area contributed by atoms with Crippen molar-refractivity contribution < 1.29 is 9.47 Å². The molecule has 1 aliphatic rings. The van der Waals surface area contributed by atoms with E-state index in [1.807, 2.05) is 40.7 Å². The van der Waals surface area contributed by atoms with E-state index in [1.165, 1.54) is 0 Å². The molecule has 16 heavy (non-hydrogen) atoms. The van der Waals surface area contributed by atoms with E-state index in [2.05, 4.69) is 25.2 Å². The summed E-state index contributed by atoms with van der Waals surface area (Å²) in [5.41, 5.74) is 0. The Hall–Kier alpha value is -0.683. The molecule has 82 valence electrons. The Morgan fingerprint density at radius 3 is 2.94 bits per heavy atom. The summed E-state index contributed by atoms with van der Waals surface area (Å²) in [6.07, 6.45) is 15.4. The number of ether oxygens (including phenoxy) is 2. The molecule has 0 radical (unpaired) electrons. The first kappa shape index (κ1) is 13.4. The molecule has 0 amide bonds. The minimum absolute atomic E-state index is 0.0777. The van der Waals surface area contributed by atoms with E-state index in [-0.39, 0.29) is 12.4 Å². The van der Waals surface area contributed by atoms with Gasteiger partial charge in [-0.05, 0) is 0 Å². The molecule has 2 atom stereocenters. The quantitative estimate of drug-likeness (QED) is 0.498. The molecule has 0 aromatic carbocycles. The maximum absolute atomic E-state index is 5.78. The molecule has 2 nitrogen and oxygen atoms in total. The van der Waals surface area contributed by atoms with E-state index in [4.69, 9.17) is 9.47 Å². The van der Waals surface area contributed by atoms with Crippen molar-refractivity contribution in [1.29, 1.82) is 0 Å². The Bertz CT molecular complexity index is 292. The second-order valence-electron chi connectivity index (χ2n) is 3.53. The summed E-state index contributed by atoms with van der Waals surface area (Å²) >= 11 is 2.00. The topological polar surface area (TPSA) is 18.5 Å². The molecule has 0 saturated carbocycles. The summed E-state index contributed by atoms with van der Waals surface area (Å²) in [7, 11) is 0. The van der Waals surface area contributed by atoms with E-state index in [9.17, 15) is 0 Å². The first-order chi connectivity index (χ1) is 7.86. The third-order valence-corrected chi connectivity index (χ3v) is 2.16. The first-order valence-corrected chi connectivity index (χ1v) is 5.79. The molecular weight excluding hydrogens is 195 g/mol. The van der Waals surface area contributed by atoms with Crippen molar-refractivity contribution in [3.63, 3.8) is 0 Å². The van der Waals surface area contributed by atoms with Gasteiger partial charge in [-0.25, -0.2) is 0 Å². The molecule has 0 aromatic rings. The van der Waals surface area contributed by atoms with E-state index >= 15 is 0 Å². The molecule has 3 heteroatoms. The van der Waals surface area contributed by atoms with Crippen molar-refractivity contribution >= 4 is 17.7 Å². The average molecular weight is 212 g/mol. The summed E-state index contributed by atoms with van der Waals surface area (Å²) in [5, 5.41) is 0. The number of hydrogen-bond acceptors (Lipinski definition) is 2. The van der Waals surface area contributed by atoms with Crippen LogP contribution in [-0.2, 0) is 9.47 Å². The van der Waals surface area contributed by atoms with Gasteiger partial charge in [-0.2, -0.15) is 0 Å². The van der Waals surface area contributed by atoms with Gasteiger partial charge in [0.05, 0.1) is 0 Å². The Morgan fingerprint density at radius 1 is 1.44 bits per heavy atom. The standard InChI is InChI=1S/C13H17O2.Li/c1-3-5-6-9-12(4-2)15-13-10-7-8-11-14-13;/h2,4-8,10-13H,3,9H2,1H3;. The maximum atomic E-state index is 5.78. The Morgan fingerprint density at radius 2 is 2.31 bits per heavy atom. The second kappa shape index (κ2) is 8.47. The second-order valence-corrected chi connectivity index (χ2v) is 3.53. The van der Waals surface area contributed by atoms with Crippen LogP contribution < -0.4 is 0 Å². The zero-order valence-corrected chi connectivity index (χ0v) is 10.0. The molecule has 0 bridgehead atoms. The molecular formula is C13H17LiO2. The van der Waals surface area contributed by atoms with Gasteiger partial charge in [-0.3, -0.25) is 0 Å². The van der Waals surface area contributed by atoms with Gasteiger partial charge in [-0.1, -0.05) is 0 Å². The van der Waals surface area contributed by atoms with Gasteiger partial charge < -0.3 is 0 Å². The van der Waals surface area contributed by atoms with Crippen LogP contribution in [0, 0.1) is 0 Å². The zero-order chi connectivity index (χ0) is 11.6. The summed E-state index contributed by atoms with van der Waals surface area (Å²) in [5.74, 6) is 0. The summed E-state index contributed by atoms with van der Waals surface area (Å²) in [6, 6.07) is 0. The molecule has 2 unspecified atom stereocenters. The van der Waals surface area contributed by atoms with Crippen LogP contribution in [-0.4, -0.2) is 30.1 Å².